The fourth-order valence-corrected chi connectivity index (χ4v) is 4.84. The minimum atomic E-state index is -0.819. The maximum Gasteiger partial charge on any atom is 0.306 e. The van der Waals surface area contributed by atoms with Gasteiger partial charge in [0.15, 0.2) is 0 Å². The predicted octanol–water partition coefficient (Wildman–Crippen LogP) is 4.80. The first-order valence-electron chi connectivity index (χ1n) is 13.9. The van der Waals surface area contributed by atoms with Gasteiger partial charge in [0.25, 0.3) is 5.09 Å². The zero-order valence-electron chi connectivity index (χ0n) is 22.7. The Balaban J connectivity index is 1.95. The van der Waals surface area contributed by atoms with Crippen molar-refractivity contribution >= 4 is 5.97 Å². The molecule has 39 heavy (non-hydrogen) atoms. The predicted molar refractivity (Wildman–Crippen MR) is 150 cm³/mol. The van der Waals surface area contributed by atoms with Gasteiger partial charge < -0.3 is 25.5 Å². The highest BCUT2D eigenvalue weighted by Gasteiger charge is 2.39. The Morgan fingerprint density at radius 2 is 1.90 bits per heavy atom. The van der Waals surface area contributed by atoms with Gasteiger partial charge in [-0.25, -0.2) is 0 Å². The molecule has 4 N–H and O–H groups in total. The molecule has 1 aromatic rings. The molecule has 0 radical (unpaired) electrons. The minimum absolute atomic E-state index is 0.0138. The van der Waals surface area contributed by atoms with E-state index in [0.717, 1.165) is 31.2 Å². The van der Waals surface area contributed by atoms with E-state index in [1.165, 1.54) is 0 Å². The van der Waals surface area contributed by atoms with Crippen LogP contribution in [0.2, 0.25) is 0 Å². The quantitative estimate of drug-likeness (QED) is 0.0740. The molecule has 1 aliphatic carbocycles. The van der Waals surface area contributed by atoms with Crippen LogP contribution in [0.5, 0.6) is 0 Å². The van der Waals surface area contributed by atoms with E-state index in [4.69, 9.17) is 10.5 Å². The molecule has 0 unspecified atom stereocenters. The Morgan fingerprint density at radius 1 is 1.13 bits per heavy atom. The first-order valence-corrected chi connectivity index (χ1v) is 13.9. The number of unbranched alkanes of at least 4 members (excludes halogenated alkanes) is 3. The molecule has 216 valence electrons. The Kier molecular flexibility index (Phi) is 14.9. The van der Waals surface area contributed by atoms with E-state index in [9.17, 15) is 25.1 Å². The van der Waals surface area contributed by atoms with Crippen LogP contribution in [0, 0.1) is 22.0 Å². The van der Waals surface area contributed by atoms with Crippen molar-refractivity contribution in [1.82, 2.24) is 0 Å². The molecule has 9 nitrogen and oxygen atoms in total. The van der Waals surface area contributed by atoms with Crippen LogP contribution in [0.3, 0.4) is 0 Å². The third-order valence-corrected chi connectivity index (χ3v) is 6.97. The van der Waals surface area contributed by atoms with E-state index in [-0.39, 0.29) is 30.8 Å². The van der Waals surface area contributed by atoms with E-state index >= 15 is 0 Å². The van der Waals surface area contributed by atoms with E-state index in [1.54, 1.807) is 0 Å². The third-order valence-electron chi connectivity index (χ3n) is 6.97. The first-order chi connectivity index (χ1) is 18.8. The Bertz CT molecular complexity index is 934. The Morgan fingerprint density at radius 3 is 2.62 bits per heavy atom. The van der Waals surface area contributed by atoms with Gasteiger partial charge in [-0.1, -0.05) is 61.6 Å². The average molecular weight is 545 g/mol. The smallest absolute Gasteiger partial charge is 0.306 e. The van der Waals surface area contributed by atoms with Gasteiger partial charge in [-0.15, -0.1) is 10.1 Å². The number of hydrogen-bond acceptors (Lipinski definition) is 8. The van der Waals surface area contributed by atoms with E-state index in [0.29, 0.717) is 44.2 Å². The average Bonchev–Trinajstić information content (AvgIpc) is 3.16. The highest BCUT2D eigenvalue weighted by Crippen LogP contribution is 2.36. The molecular weight excluding hydrogens is 500 g/mol. The number of benzene rings is 1. The van der Waals surface area contributed by atoms with Crippen LogP contribution in [-0.4, -0.2) is 46.2 Å². The molecule has 0 spiro atoms. The third kappa shape index (κ3) is 13.5. The van der Waals surface area contributed by atoms with Crippen molar-refractivity contribution < 1.29 is 29.7 Å². The van der Waals surface area contributed by atoms with Crippen LogP contribution in [0.1, 0.15) is 69.8 Å². The fourth-order valence-electron chi connectivity index (χ4n) is 4.84. The molecule has 0 amide bonds. The number of aliphatic hydroxyl groups excluding tert-OH is 2. The highest BCUT2D eigenvalue weighted by atomic mass is 16.9. The Hall–Kier alpha value is -3.17. The lowest BCUT2D eigenvalue weighted by atomic mass is 9.89. The van der Waals surface area contributed by atoms with E-state index < -0.39 is 23.4 Å². The number of nitrogens with two attached hydrogens (primary N) is 1. The van der Waals surface area contributed by atoms with Gasteiger partial charge >= 0.3 is 5.97 Å². The van der Waals surface area contributed by atoms with Gasteiger partial charge in [0.2, 0.25) is 0 Å². The molecule has 0 aromatic heterocycles. The number of rotatable bonds is 19. The lowest BCUT2D eigenvalue weighted by Gasteiger charge is -2.21. The summed E-state index contributed by atoms with van der Waals surface area (Å²) in [5, 5.41) is 30.6. The lowest BCUT2D eigenvalue weighted by molar-refractivity contribution is -0.757. The maximum absolute atomic E-state index is 12.5. The number of hydrogen-bond donors (Lipinski definition) is 3. The second kappa shape index (κ2) is 18.2. The fraction of sp³-hybridized carbons (Fsp3) is 0.567. The standard InChI is InChI=1S/C30H44N2O7/c1-23(31)12-6-2-3-9-15-26-27(29(34)22-28(26)33)20-19-25(18-17-24-13-7-4-8-14-24)39-30(35)16-10-5-11-21-38-32(36)37/h3-4,7-9,13-14,19-20,25-29,33-34H,1-2,5-6,10-12,15-18,21-22,31H2/b9-3-,20-19+/t25-,26+,27+,28-,29+/m0/s1. The summed E-state index contributed by atoms with van der Waals surface area (Å²) in [4.78, 5) is 27.0. The zero-order chi connectivity index (χ0) is 28.5. The van der Waals surface area contributed by atoms with Crippen molar-refractivity contribution in [3.63, 3.8) is 0 Å². The topological polar surface area (TPSA) is 145 Å². The molecule has 0 saturated heterocycles. The van der Waals surface area contributed by atoms with Crippen molar-refractivity contribution in [2.75, 3.05) is 6.61 Å². The normalized spacial score (nSPS) is 21.8. The molecule has 1 aromatic carbocycles. The molecule has 5 atom stereocenters. The summed E-state index contributed by atoms with van der Waals surface area (Å²) in [7, 11) is 0. The van der Waals surface area contributed by atoms with Crippen LogP contribution in [-0.2, 0) is 20.8 Å². The summed E-state index contributed by atoms with van der Waals surface area (Å²) < 4.78 is 5.78. The second-order valence-corrected chi connectivity index (χ2v) is 10.2. The molecule has 0 bridgehead atoms. The number of nitrogens with zero attached hydrogens (tertiary/aromatic N) is 1. The summed E-state index contributed by atoms with van der Waals surface area (Å²) in [5.41, 5.74) is 7.42. The van der Waals surface area contributed by atoms with Crippen LogP contribution >= 0.6 is 0 Å². The molecule has 1 fully saturated rings. The van der Waals surface area contributed by atoms with E-state index in [1.807, 2.05) is 42.5 Å². The summed E-state index contributed by atoms with van der Waals surface area (Å²) >= 11 is 0. The Labute approximate surface area is 231 Å². The van der Waals surface area contributed by atoms with Gasteiger partial charge in [-0.05, 0) is 68.9 Å². The number of allylic oxidation sites excluding steroid dienone is 3. The monoisotopic (exact) mass is 544 g/mol. The van der Waals surface area contributed by atoms with Crippen molar-refractivity contribution in [2.45, 2.75) is 88.9 Å². The molecule has 1 saturated carbocycles. The summed E-state index contributed by atoms with van der Waals surface area (Å²) in [5.74, 6) is -0.698. The largest absolute Gasteiger partial charge is 0.458 e. The molecular formula is C30H44N2O7. The van der Waals surface area contributed by atoms with Gasteiger partial charge in [0.05, 0.1) is 18.8 Å². The zero-order valence-corrected chi connectivity index (χ0v) is 22.7. The van der Waals surface area contributed by atoms with Crippen LogP contribution in [0.4, 0.5) is 0 Å². The van der Waals surface area contributed by atoms with Gasteiger partial charge in [-0.3, -0.25) is 4.79 Å². The first kappa shape index (κ1) is 32.0. The SMILES string of the molecule is C=C(N)CCC/C=C\C[C@@H]1[C@@H](/C=C/[C@H](CCc2ccccc2)OC(=O)CCCCCO[N+](=O)[O-])[C@H](O)C[C@@H]1O. The highest BCUT2D eigenvalue weighted by molar-refractivity contribution is 5.69. The number of esters is 1. The van der Waals surface area contributed by atoms with Gasteiger partial charge in [0.1, 0.15) is 6.10 Å². The molecule has 0 heterocycles. The summed E-state index contributed by atoms with van der Waals surface area (Å²) in [6, 6.07) is 9.94. The summed E-state index contributed by atoms with van der Waals surface area (Å²) in [6.07, 6.45) is 12.9. The van der Waals surface area contributed by atoms with Crippen molar-refractivity contribution in [3.05, 3.63) is 82.6 Å². The minimum Gasteiger partial charge on any atom is -0.458 e. The molecule has 0 aliphatic heterocycles. The number of aryl methyl sites for hydroxylation is 1. The van der Waals surface area contributed by atoms with Gasteiger partial charge in [0, 0.05) is 24.5 Å². The second-order valence-electron chi connectivity index (χ2n) is 10.2. The summed E-state index contributed by atoms with van der Waals surface area (Å²) in [6.45, 7) is 3.72. The maximum atomic E-state index is 12.5. The lowest BCUT2D eigenvalue weighted by Crippen LogP contribution is -2.22. The number of aliphatic hydroxyl groups is 2. The molecule has 1 aliphatic rings. The van der Waals surface area contributed by atoms with Crippen LogP contribution < -0.4 is 5.73 Å². The number of carbonyl (C=O) groups excluding carboxylic acids is 1. The van der Waals surface area contributed by atoms with Crippen molar-refractivity contribution in [1.29, 1.82) is 0 Å². The van der Waals surface area contributed by atoms with Crippen molar-refractivity contribution in [2.24, 2.45) is 17.6 Å². The number of carbonyl (C=O) groups is 1. The van der Waals surface area contributed by atoms with Crippen LogP contribution in [0.15, 0.2) is 66.9 Å². The van der Waals surface area contributed by atoms with Crippen molar-refractivity contribution in [3.8, 4) is 0 Å². The number of ether oxygens (including phenoxy) is 1. The van der Waals surface area contributed by atoms with Crippen LogP contribution in [0.25, 0.3) is 0 Å². The molecule has 2 rings (SSSR count). The van der Waals surface area contributed by atoms with E-state index in [2.05, 4.69) is 23.6 Å². The molecule has 9 heteroatoms. The van der Waals surface area contributed by atoms with Gasteiger partial charge in [-0.2, -0.15) is 0 Å².